The Kier molecular flexibility index (Phi) is 11.3. The van der Waals surface area contributed by atoms with Crippen LogP contribution >= 0.6 is 0 Å². The Bertz CT molecular complexity index is 1940. The molecule has 0 spiro atoms. The Balaban J connectivity index is 0.817. The van der Waals surface area contributed by atoms with E-state index in [-0.39, 0.29) is 23.5 Å². The third-order valence-electron chi connectivity index (χ3n) is 10.8. The van der Waals surface area contributed by atoms with Crippen molar-refractivity contribution >= 4 is 23.3 Å². The maximum absolute atomic E-state index is 14.9. The highest BCUT2D eigenvalue weighted by atomic mass is 19.1. The molecule has 3 aliphatic rings. The SMILES string of the molecule is O=C(OCC1CCC(CN2CC=C(c3ccc([N+](=O)[O-])cc3F)CC2)CC1)N1CCC(Nc2ncc(F)c(-c3cccc(-c4ccccc4)c3)n2)CC1. The van der Waals surface area contributed by atoms with E-state index in [1.165, 1.54) is 18.3 Å². The maximum atomic E-state index is 14.9. The fraction of sp³-hybridized carbons (Fsp3) is 0.390. The number of aromatic nitrogens is 2. The van der Waals surface area contributed by atoms with Crippen LogP contribution in [0.3, 0.4) is 0 Å². The van der Waals surface area contributed by atoms with E-state index in [1.807, 2.05) is 60.7 Å². The lowest BCUT2D eigenvalue weighted by Crippen LogP contribution is -2.43. The number of amides is 1. The number of anilines is 1. The average molecular weight is 723 g/mol. The van der Waals surface area contributed by atoms with Crippen molar-refractivity contribution in [2.24, 2.45) is 11.8 Å². The summed E-state index contributed by atoms with van der Waals surface area (Å²) in [6, 6.07) is 21.5. The standard InChI is InChI=1S/C41H44F2N6O4/c42-37-24-35(49(51)52)13-14-36(37)31-15-19-47(20-16-31)26-28-9-11-29(12-10-28)27-53-41(50)48-21-17-34(18-22-48)45-40-44-25-38(43)39(46-40)33-8-4-7-32(23-33)30-5-2-1-3-6-30/h1-8,13-15,23-25,28-29,34H,9-12,16-22,26-27H2,(H,44,45,46). The number of nitrogens with one attached hydrogen (secondary N) is 1. The monoisotopic (exact) mass is 722 g/mol. The van der Waals surface area contributed by atoms with Crippen molar-refractivity contribution in [3.63, 3.8) is 0 Å². The average Bonchev–Trinajstić information content (AvgIpc) is 3.19. The molecule has 12 heteroatoms. The summed E-state index contributed by atoms with van der Waals surface area (Å²) in [5.41, 5.74) is 4.05. The van der Waals surface area contributed by atoms with Crippen molar-refractivity contribution < 1.29 is 23.2 Å². The van der Waals surface area contributed by atoms with Gasteiger partial charge < -0.3 is 15.0 Å². The molecule has 2 aliphatic heterocycles. The molecule has 0 bridgehead atoms. The summed E-state index contributed by atoms with van der Waals surface area (Å²) in [6.07, 6.45) is 9.28. The molecule has 53 heavy (non-hydrogen) atoms. The van der Waals surface area contributed by atoms with Gasteiger partial charge in [0.1, 0.15) is 11.5 Å². The third kappa shape index (κ3) is 9.05. The summed E-state index contributed by atoms with van der Waals surface area (Å²) in [5.74, 6) is 0.252. The van der Waals surface area contributed by atoms with Crippen LogP contribution in [-0.2, 0) is 4.74 Å². The Morgan fingerprint density at radius 1 is 0.868 bits per heavy atom. The summed E-state index contributed by atoms with van der Waals surface area (Å²) in [5, 5.41) is 14.3. The Morgan fingerprint density at radius 3 is 2.32 bits per heavy atom. The number of nitro groups is 1. The fourth-order valence-electron chi connectivity index (χ4n) is 7.73. The van der Waals surface area contributed by atoms with Gasteiger partial charge in [-0.1, -0.05) is 54.6 Å². The minimum absolute atomic E-state index is 0.0498. The lowest BCUT2D eigenvalue weighted by Gasteiger charge is -2.35. The first kappa shape index (κ1) is 36.1. The Morgan fingerprint density at radius 2 is 1.60 bits per heavy atom. The second-order valence-electron chi connectivity index (χ2n) is 14.4. The molecule has 0 unspecified atom stereocenters. The van der Waals surface area contributed by atoms with E-state index in [4.69, 9.17) is 4.74 Å². The van der Waals surface area contributed by atoms with Crippen molar-refractivity contribution in [2.45, 2.75) is 51.0 Å². The number of carbonyl (C=O) groups is 1. The van der Waals surface area contributed by atoms with Crippen LogP contribution in [0.15, 0.2) is 85.1 Å². The molecule has 3 heterocycles. The molecule has 4 aromatic rings. The molecule has 0 radical (unpaired) electrons. The van der Waals surface area contributed by atoms with Gasteiger partial charge in [0.15, 0.2) is 5.82 Å². The van der Waals surface area contributed by atoms with E-state index in [0.717, 1.165) is 68.1 Å². The number of carbonyl (C=O) groups excluding carboxylic acids is 1. The minimum Gasteiger partial charge on any atom is -0.449 e. The summed E-state index contributed by atoms with van der Waals surface area (Å²) in [6.45, 7) is 4.08. The quantitative estimate of drug-likeness (QED) is 0.128. The fourth-order valence-corrected chi connectivity index (χ4v) is 7.73. The van der Waals surface area contributed by atoms with Crippen LogP contribution in [0.5, 0.6) is 0 Å². The Hall–Kier alpha value is -5.23. The van der Waals surface area contributed by atoms with Crippen molar-refractivity contribution in [3.05, 3.63) is 112 Å². The number of benzene rings is 3. The van der Waals surface area contributed by atoms with E-state index < -0.39 is 16.6 Å². The zero-order chi connectivity index (χ0) is 36.7. The number of hydrogen-bond acceptors (Lipinski definition) is 8. The third-order valence-corrected chi connectivity index (χ3v) is 10.8. The van der Waals surface area contributed by atoms with Gasteiger partial charge in [0, 0.05) is 56.0 Å². The lowest BCUT2D eigenvalue weighted by molar-refractivity contribution is -0.385. The van der Waals surface area contributed by atoms with Crippen molar-refractivity contribution in [1.82, 2.24) is 19.8 Å². The molecule has 1 N–H and O–H groups in total. The van der Waals surface area contributed by atoms with Gasteiger partial charge in [-0.3, -0.25) is 15.0 Å². The van der Waals surface area contributed by atoms with Gasteiger partial charge in [0.2, 0.25) is 5.95 Å². The van der Waals surface area contributed by atoms with Gasteiger partial charge in [-0.2, -0.15) is 0 Å². The molecule has 3 aromatic carbocycles. The van der Waals surface area contributed by atoms with Crippen molar-refractivity contribution in [3.8, 4) is 22.4 Å². The number of hydrogen-bond donors (Lipinski definition) is 1. The van der Waals surface area contributed by atoms with Gasteiger partial charge in [-0.25, -0.2) is 23.5 Å². The summed E-state index contributed by atoms with van der Waals surface area (Å²) in [4.78, 5) is 36.2. The normalized spacial score (nSPS) is 19.7. The van der Waals surface area contributed by atoms with Crippen molar-refractivity contribution in [2.75, 3.05) is 44.6 Å². The summed E-state index contributed by atoms with van der Waals surface area (Å²) < 4.78 is 35.2. The summed E-state index contributed by atoms with van der Waals surface area (Å²) in [7, 11) is 0. The van der Waals surface area contributed by atoms with Gasteiger partial charge >= 0.3 is 6.09 Å². The molecular formula is C41H44F2N6O4. The predicted octanol–water partition coefficient (Wildman–Crippen LogP) is 8.61. The number of rotatable bonds is 10. The van der Waals surface area contributed by atoms with Crippen LogP contribution in [0.4, 0.5) is 25.2 Å². The van der Waals surface area contributed by atoms with Crippen molar-refractivity contribution in [1.29, 1.82) is 0 Å². The van der Waals surface area contributed by atoms with E-state index in [2.05, 4.69) is 20.2 Å². The largest absolute Gasteiger partial charge is 0.449 e. The van der Waals surface area contributed by atoms with Crippen LogP contribution in [-0.4, -0.2) is 76.2 Å². The molecule has 2 fully saturated rings. The van der Waals surface area contributed by atoms with Gasteiger partial charge in [-0.05, 0) is 85.6 Å². The maximum Gasteiger partial charge on any atom is 0.409 e. The highest BCUT2D eigenvalue weighted by Gasteiger charge is 2.28. The molecule has 1 saturated heterocycles. The zero-order valence-electron chi connectivity index (χ0n) is 29.6. The van der Waals surface area contributed by atoms with Crippen LogP contribution in [0.2, 0.25) is 0 Å². The number of piperidine rings is 1. The van der Waals surface area contributed by atoms with Gasteiger partial charge in [-0.15, -0.1) is 0 Å². The summed E-state index contributed by atoms with van der Waals surface area (Å²) >= 11 is 0. The van der Waals surface area contributed by atoms with E-state index in [0.29, 0.717) is 67.9 Å². The van der Waals surface area contributed by atoms with E-state index in [1.54, 1.807) is 4.90 Å². The van der Waals surface area contributed by atoms with Crippen LogP contribution in [0.1, 0.15) is 50.5 Å². The number of ether oxygens (including phenoxy) is 1. The lowest BCUT2D eigenvalue weighted by atomic mass is 9.82. The van der Waals surface area contributed by atoms with E-state index in [9.17, 15) is 23.7 Å². The van der Waals surface area contributed by atoms with Crippen LogP contribution in [0, 0.1) is 33.6 Å². The predicted molar refractivity (Wildman–Crippen MR) is 200 cm³/mol. The van der Waals surface area contributed by atoms with Crippen LogP contribution < -0.4 is 5.32 Å². The molecule has 1 saturated carbocycles. The zero-order valence-corrected chi connectivity index (χ0v) is 29.6. The number of halogens is 2. The molecular weight excluding hydrogens is 678 g/mol. The number of nitro benzene ring substituents is 1. The molecule has 0 atom stereocenters. The highest BCUT2D eigenvalue weighted by Crippen LogP contribution is 2.33. The first-order valence-electron chi connectivity index (χ1n) is 18.5. The number of likely N-dealkylation sites (tertiary alicyclic amines) is 1. The molecule has 10 nitrogen and oxygen atoms in total. The first-order valence-corrected chi connectivity index (χ1v) is 18.5. The van der Waals surface area contributed by atoms with E-state index >= 15 is 0 Å². The molecule has 276 valence electrons. The molecule has 1 amide bonds. The molecule has 1 aromatic heterocycles. The number of nitrogens with zero attached hydrogens (tertiary/aromatic N) is 5. The van der Waals surface area contributed by atoms with Gasteiger partial charge in [0.25, 0.3) is 5.69 Å². The smallest absolute Gasteiger partial charge is 0.409 e. The highest BCUT2D eigenvalue weighted by molar-refractivity contribution is 5.72. The Labute approximate surface area is 308 Å². The second kappa shape index (κ2) is 16.6. The van der Waals surface area contributed by atoms with Gasteiger partial charge in [0.05, 0.1) is 23.8 Å². The molecule has 7 rings (SSSR count). The number of non-ortho nitro benzene ring substituents is 1. The topological polar surface area (TPSA) is 114 Å². The first-order chi connectivity index (χ1) is 25.8. The van der Waals surface area contributed by atoms with Crippen LogP contribution in [0.25, 0.3) is 28.0 Å². The molecule has 1 aliphatic carbocycles. The minimum atomic E-state index is -0.582. The second-order valence-corrected chi connectivity index (χ2v) is 14.4.